The van der Waals surface area contributed by atoms with Crippen molar-refractivity contribution in [1.82, 2.24) is 0 Å². The van der Waals surface area contributed by atoms with Crippen LogP contribution < -0.4 is 14.4 Å². The van der Waals surface area contributed by atoms with Crippen molar-refractivity contribution in [3.63, 3.8) is 0 Å². The average molecular weight is 405 g/mol. The van der Waals surface area contributed by atoms with Gasteiger partial charge in [0.05, 0.1) is 46.2 Å². The molecule has 0 aliphatic carbocycles. The molecule has 146 valence electrons. The number of amides is 1. The Kier molecular flexibility index (Phi) is 5.18. The zero-order chi connectivity index (χ0) is 20.4. The first-order valence-electron chi connectivity index (χ1n) is 8.98. The normalized spacial score (nSPS) is 13.1. The van der Waals surface area contributed by atoms with Crippen LogP contribution >= 0.6 is 0 Å². The summed E-state index contributed by atoms with van der Waals surface area (Å²) >= 11 is 0. The number of para-hydroxylation sites is 2. The van der Waals surface area contributed by atoms with E-state index in [0.717, 1.165) is 5.56 Å². The van der Waals surface area contributed by atoms with E-state index in [-0.39, 0.29) is 5.91 Å². The molecule has 5 nitrogen and oxygen atoms in total. The van der Waals surface area contributed by atoms with Crippen molar-refractivity contribution in [3.05, 3.63) is 78.4 Å². The van der Waals surface area contributed by atoms with Crippen molar-refractivity contribution in [1.29, 1.82) is 0 Å². The second-order valence-corrected chi connectivity index (χ2v) is 7.74. The molecule has 0 N–H and O–H groups in total. The quantitative estimate of drug-likeness (QED) is 0.597. The summed E-state index contributed by atoms with van der Waals surface area (Å²) in [5.74, 6) is 0.986. The summed E-state index contributed by atoms with van der Waals surface area (Å²) in [5.41, 5.74) is 2.07. The topological polar surface area (TPSA) is 55.8 Å². The molecule has 6 heteroatoms. The summed E-state index contributed by atoms with van der Waals surface area (Å²) in [7, 11) is 1.82. The van der Waals surface area contributed by atoms with E-state index in [1.54, 1.807) is 49.5 Å². The fourth-order valence-electron chi connectivity index (χ4n) is 3.28. The first-order chi connectivity index (χ1) is 14.1. The van der Waals surface area contributed by atoms with E-state index in [0.29, 0.717) is 32.7 Å². The third-order valence-corrected chi connectivity index (χ3v) is 6.15. The van der Waals surface area contributed by atoms with E-state index in [4.69, 9.17) is 9.47 Å². The molecule has 1 heterocycles. The molecule has 0 radical (unpaired) electrons. The van der Waals surface area contributed by atoms with Gasteiger partial charge in [-0.1, -0.05) is 30.3 Å². The van der Waals surface area contributed by atoms with Crippen LogP contribution in [0.25, 0.3) is 6.08 Å². The lowest BCUT2D eigenvalue weighted by Gasteiger charge is -2.30. The maximum absolute atomic E-state index is 13.2. The highest BCUT2D eigenvalue weighted by atomic mass is 32.2. The zero-order valence-electron chi connectivity index (χ0n) is 16.0. The summed E-state index contributed by atoms with van der Waals surface area (Å²) in [6.07, 6.45) is 3.23. The molecule has 0 bridgehead atoms. The van der Waals surface area contributed by atoms with Gasteiger partial charge in [0.15, 0.2) is 11.5 Å². The number of carbonyl (C=O) groups excluding carboxylic acids is 1. The number of hydrogen-bond acceptors (Lipinski definition) is 4. The van der Waals surface area contributed by atoms with Crippen LogP contribution in [0.1, 0.15) is 5.56 Å². The summed E-state index contributed by atoms with van der Waals surface area (Å²) in [4.78, 5) is 16.0. The predicted molar refractivity (Wildman–Crippen MR) is 113 cm³/mol. The van der Waals surface area contributed by atoms with Gasteiger partial charge >= 0.3 is 0 Å². The summed E-state index contributed by atoms with van der Waals surface area (Å²) in [6, 6.07) is 20.0. The number of hydrogen-bond donors (Lipinski definition) is 0. The van der Waals surface area contributed by atoms with E-state index in [9.17, 15) is 9.00 Å². The molecule has 0 saturated heterocycles. The van der Waals surface area contributed by atoms with Crippen molar-refractivity contribution < 1.29 is 18.5 Å². The van der Waals surface area contributed by atoms with Crippen LogP contribution in [0.2, 0.25) is 0 Å². The summed E-state index contributed by atoms with van der Waals surface area (Å²) in [6.45, 7) is 0. The van der Waals surface area contributed by atoms with Gasteiger partial charge in [0.2, 0.25) is 0 Å². The van der Waals surface area contributed by atoms with Gasteiger partial charge in [-0.05, 0) is 48.0 Å². The fourth-order valence-corrected chi connectivity index (χ4v) is 4.62. The smallest absolute Gasteiger partial charge is 0.255 e. The number of fused-ring (bicyclic) bond motifs is 2. The van der Waals surface area contributed by atoms with Gasteiger partial charge in [0, 0.05) is 6.08 Å². The van der Waals surface area contributed by atoms with Gasteiger partial charge in [-0.15, -0.1) is 0 Å². The molecule has 3 aromatic rings. The highest BCUT2D eigenvalue weighted by Gasteiger charge is 2.30. The van der Waals surface area contributed by atoms with Crippen molar-refractivity contribution in [2.24, 2.45) is 0 Å². The molecule has 0 saturated carbocycles. The van der Waals surface area contributed by atoms with Crippen LogP contribution in [0.5, 0.6) is 11.5 Å². The highest BCUT2D eigenvalue weighted by Crippen LogP contribution is 2.41. The van der Waals surface area contributed by atoms with Crippen molar-refractivity contribution in [2.75, 3.05) is 19.1 Å². The van der Waals surface area contributed by atoms with Crippen molar-refractivity contribution in [3.8, 4) is 11.5 Å². The lowest BCUT2D eigenvalue weighted by Crippen LogP contribution is -2.29. The van der Waals surface area contributed by atoms with E-state index in [1.165, 1.54) is 6.08 Å². The number of methoxy groups -OCH3 is 2. The average Bonchev–Trinajstić information content (AvgIpc) is 2.77. The monoisotopic (exact) mass is 405 g/mol. The third-order valence-electron chi connectivity index (χ3n) is 4.66. The van der Waals surface area contributed by atoms with Crippen LogP contribution in [0, 0.1) is 0 Å². The second-order valence-electron chi connectivity index (χ2n) is 6.33. The number of anilines is 2. The van der Waals surface area contributed by atoms with Gasteiger partial charge < -0.3 is 9.47 Å². The summed E-state index contributed by atoms with van der Waals surface area (Å²) < 4.78 is 23.5. The molecule has 0 aromatic heterocycles. The standard InChI is InChI=1S/C23H19NO4S/c1-27-19-13-11-16(15-20(19)28-2)12-14-23(25)24-17-7-3-5-9-21(17)29(26)22-10-6-4-8-18(22)24/h3-15H,1-2H3/b14-12+. The number of carbonyl (C=O) groups is 1. The minimum absolute atomic E-state index is 0.226. The van der Waals surface area contributed by atoms with Crippen LogP contribution in [0.15, 0.2) is 82.6 Å². The molecule has 0 atom stereocenters. The van der Waals surface area contributed by atoms with Gasteiger partial charge in [-0.3, -0.25) is 9.69 Å². The Hall–Kier alpha value is -3.38. The lowest BCUT2D eigenvalue weighted by atomic mass is 10.1. The van der Waals surface area contributed by atoms with Crippen molar-refractivity contribution >= 4 is 34.2 Å². The van der Waals surface area contributed by atoms with Gasteiger partial charge in [0.25, 0.3) is 5.91 Å². The first-order valence-corrected chi connectivity index (χ1v) is 10.1. The van der Waals surface area contributed by atoms with E-state index in [2.05, 4.69) is 0 Å². The Labute approximate surface area is 171 Å². The van der Waals surface area contributed by atoms with Crippen LogP contribution in [-0.2, 0) is 15.6 Å². The Morgan fingerprint density at radius 1 is 0.862 bits per heavy atom. The van der Waals surface area contributed by atoms with Crippen LogP contribution in [-0.4, -0.2) is 24.3 Å². The Morgan fingerprint density at radius 2 is 1.45 bits per heavy atom. The molecule has 1 amide bonds. The molecule has 1 aliphatic rings. The van der Waals surface area contributed by atoms with Crippen LogP contribution in [0.3, 0.4) is 0 Å². The SMILES string of the molecule is COc1ccc(/C=C/C(=O)N2c3ccccc3S(=O)c3ccccc32)cc1OC. The number of rotatable bonds is 4. The molecule has 3 aromatic carbocycles. The molecular weight excluding hydrogens is 386 g/mol. The Morgan fingerprint density at radius 3 is 2.03 bits per heavy atom. The van der Waals surface area contributed by atoms with E-state index in [1.807, 2.05) is 42.5 Å². The van der Waals surface area contributed by atoms with E-state index < -0.39 is 10.8 Å². The molecule has 29 heavy (non-hydrogen) atoms. The molecule has 4 rings (SSSR count). The highest BCUT2D eigenvalue weighted by molar-refractivity contribution is 7.85. The lowest BCUT2D eigenvalue weighted by molar-refractivity contribution is -0.113. The maximum Gasteiger partial charge on any atom is 0.255 e. The predicted octanol–water partition coefficient (Wildman–Crippen LogP) is 4.56. The largest absolute Gasteiger partial charge is 0.493 e. The third kappa shape index (κ3) is 3.43. The minimum Gasteiger partial charge on any atom is -0.493 e. The minimum atomic E-state index is -1.32. The molecule has 0 fully saturated rings. The fraction of sp³-hybridized carbons (Fsp3) is 0.0870. The second kappa shape index (κ2) is 7.93. The zero-order valence-corrected chi connectivity index (χ0v) is 16.8. The number of ether oxygens (including phenoxy) is 2. The first kappa shape index (κ1) is 19.0. The molecule has 1 aliphatic heterocycles. The Bertz CT molecular complexity index is 1090. The maximum atomic E-state index is 13.2. The van der Waals surface area contributed by atoms with Gasteiger partial charge in [-0.25, -0.2) is 4.21 Å². The molecular formula is C23H19NO4S. The van der Waals surface area contributed by atoms with Gasteiger partial charge in [0.1, 0.15) is 0 Å². The Balaban J connectivity index is 1.72. The van der Waals surface area contributed by atoms with Crippen LogP contribution in [0.4, 0.5) is 11.4 Å². The van der Waals surface area contributed by atoms with Crippen molar-refractivity contribution in [2.45, 2.75) is 9.79 Å². The van der Waals surface area contributed by atoms with Gasteiger partial charge in [-0.2, -0.15) is 0 Å². The van der Waals surface area contributed by atoms with E-state index >= 15 is 0 Å². The summed E-state index contributed by atoms with van der Waals surface area (Å²) in [5, 5.41) is 0. The number of nitrogens with zero attached hydrogens (tertiary/aromatic N) is 1. The molecule has 0 unspecified atom stereocenters. The number of benzene rings is 3. The molecule has 0 spiro atoms.